The van der Waals surface area contributed by atoms with Crippen molar-refractivity contribution in [2.24, 2.45) is 10.8 Å². The summed E-state index contributed by atoms with van der Waals surface area (Å²) in [6.45, 7) is 14.5. The monoisotopic (exact) mass is 345 g/mol. The summed E-state index contributed by atoms with van der Waals surface area (Å²) in [6.07, 6.45) is 2.64. The van der Waals surface area contributed by atoms with Crippen molar-refractivity contribution in [2.45, 2.75) is 34.0 Å². The summed E-state index contributed by atoms with van der Waals surface area (Å²) in [6, 6.07) is 0. The molecular formula is C17H36BNO5. The fourth-order valence-electron chi connectivity index (χ4n) is 1.91. The summed E-state index contributed by atoms with van der Waals surface area (Å²) in [5, 5.41) is 22.4. The molecule has 0 rings (SSSR count). The number of aliphatic hydroxyl groups is 2. The Balaban J connectivity index is 4.21. The van der Waals surface area contributed by atoms with Gasteiger partial charge in [-0.3, -0.25) is 0 Å². The maximum atomic E-state index is 9.60. The fraction of sp³-hybridized carbons (Fsp3) is 0.882. The van der Waals surface area contributed by atoms with E-state index in [2.05, 4.69) is 18.7 Å². The van der Waals surface area contributed by atoms with Gasteiger partial charge in [0.2, 0.25) is 0 Å². The Morgan fingerprint density at radius 1 is 1.08 bits per heavy atom. The van der Waals surface area contributed by atoms with E-state index in [-0.39, 0.29) is 25.7 Å². The highest BCUT2D eigenvalue weighted by Gasteiger charge is 2.28. The first-order valence-electron chi connectivity index (χ1n) is 8.68. The van der Waals surface area contributed by atoms with Crippen molar-refractivity contribution in [3.63, 3.8) is 0 Å². The molecule has 0 aromatic rings. The minimum atomic E-state index is -0.455. The SMILES string of the molecule is C=CCOCC(C)(CO)COB(C)NCC(C)(CO)COCCC. The van der Waals surface area contributed by atoms with Crippen molar-refractivity contribution < 1.29 is 24.3 Å². The van der Waals surface area contributed by atoms with Crippen LogP contribution in [0.4, 0.5) is 0 Å². The second kappa shape index (κ2) is 12.9. The molecule has 0 aromatic heterocycles. The number of hydrogen-bond donors (Lipinski definition) is 3. The van der Waals surface area contributed by atoms with Gasteiger partial charge in [0, 0.05) is 24.0 Å². The first-order valence-corrected chi connectivity index (χ1v) is 8.68. The minimum absolute atomic E-state index is 0.0178. The summed E-state index contributed by atoms with van der Waals surface area (Å²) in [7, 11) is -0.202. The molecule has 0 saturated carbocycles. The molecule has 3 N–H and O–H groups in total. The second-order valence-corrected chi connectivity index (χ2v) is 7.13. The van der Waals surface area contributed by atoms with Crippen molar-refractivity contribution in [1.29, 1.82) is 0 Å². The van der Waals surface area contributed by atoms with Crippen molar-refractivity contribution in [3.05, 3.63) is 12.7 Å². The van der Waals surface area contributed by atoms with Crippen LogP contribution in [0.25, 0.3) is 0 Å². The van der Waals surface area contributed by atoms with Crippen LogP contribution < -0.4 is 5.23 Å². The zero-order valence-electron chi connectivity index (χ0n) is 15.8. The molecule has 0 aromatic carbocycles. The molecule has 24 heavy (non-hydrogen) atoms. The van der Waals surface area contributed by atoms with Gasteiger partial charge in [0.25, 0.3) is 0 Å². The molecule has 142 valence electrons. The zero-order chi connectivity index (χ0) is 18.5. The third-order valence-corrected chi connectivity index (χ3v) is 3.75. The maximum absolute atomic E-state index is 9.60. The van der Waals surface area contributed by atoms with Gasteiger partial charge >= 0.3 is 7.05 Å². The quantitative estimate of drug-likeness (QED) is 0.223. The number of nitrogens with one attached hydrogen (secondary N) is 1. The Bertz CT molecular complexity index is 334. The van der Waals surface area contributed by atoms with Gasteiger partial charge in [0.05, 0.1) is 33.0 Å². The van der Waals surface area contributed by atoms with Crippen molar-refractivity contribution >= 4 is 7.05 Å². The molecule has 7 heteroatoms. The molecule has 0 aliphatic heterocycles. The number of aliphatic hydroxyl groups excluding tert-OH is 2. The van der Waals surface area contributed by atoms with Gasteiger partial charge in [-0.25, -0.2) is 0 Å². The summed E-state index contributed by atoms with van der Waals surface area (Å²) < 4.78 is 16.8. The molecule has 0 spiro atoms. The summed E-state index contributed by atoms with van der Waals surface area (Å²) in [5.74, 6) is 0. The topological polar surface area (TPSA) is 80.2 Å². The highest BCUT2D eigenvalue weighted by molar-refractivity contribution is 6.47. The van der Waals surface area contributed by atoms with Crippen LogP contribution in [0.5, 0.6) is 0 Å². The van der Waals surface area contributed by atoms with Crippen molar-refractivity contribution in [3.8, 4) is 0 Å². The molecule has 0 aliphatic rings. The van der Waals surface area contributed by atoms with Crippen LogP contribution in [0.1, 0.15) is 27.2 Å². The number of hydrogen-bond acceptors (Lipinski definition) is 6. The maximum Gasteiger partial charge on any atom is 0.376 e. The van der Waals surface area contributed by atoms with Gasteiger partial charge in [-0.1, -0.05) is 26.8 Å². The van der Waals surface area contributed by atoms with Crippen LogP contribution in [0, 0.1) is 10.8 Å². The summed E-state index contributed by atoms with van der Waals surface area (Å²) in [4.78, 5) is 0. The van der Waals surface area contributed by atoms with Crippen LogP contribution in [-0.4, -0.2) is 70.1 Å². The highest BCUT2D eigenvalue weighted by atomic mass is 16.5. The van der Waals surface area contributed by atoms with Crippen LogP contribution >= 0.6 is 0 Å². The fourth-order valence-corrected chi connectivity index (χ4v) is 1.91. The van der Waals surface area contributed by atoms with E-state index in [0.717, 1.165) is 6.42 Å². The Hall–Kier alpha value is -0.435. The first kappa shape index (κ1) is 23.6. The van der Waals surface area contributed by atoms with Crippen molar-refractivity contribution in [2.75, 3.05) is 52.8 Å². The van der Waals surface area contributed by atoms with Crippen LogP contribution in [0.15, 0.2) is 12.7 Å². The Kier molecular flexibility index (Phi) is 12.6. The molecule has 2 unspecified atom stereocenters. The zero-order valence-corrected chi connectivity index (χ0v) is 15.8. The predicted molar refractivity (Wildman–Crippen MR) is 98.1 cm³/mol. The summed E-state index contributed by atoms with van der Waals surface area (Å²) >= 11 is 0. The molecule has 2 atom stereocenters. The van der Waals surface area contributed by atoms with Crippen LogP contribution in [-0.2, 0) is 14.1 Å². The van der Waals surface area contributed by atoms with Crippen molar-refractivity contribution in [1.82, 2.24) is 5.23 Å². The average Bonchev–Trinajstić information content (AvgIpc) is 2.58. The average molecular weight is 345 g/mol. The van der Waals surface area contributed by atoms with E-state index in [9.17, 15) is 10.2 Å². The minimum Gasteiger partial charge on any atom is -0.421 e. The van der Waals surface area contributed by atoms with E-state index in [4.69, 9.17) is 14.1 Å². The van der Waals surface area contributed by atoms with Gasteiger partial charge < -0.3 is 29.6 Å². The molecule has 0 radical (unpaired) electrons. The van der Waals surface area contributed by atoms with E-state index in [0.29, 0.717) is 39.6 Å². The van der Waals surface area contributed by atoms with Gasteiger partial charge in [-0.05, 0) is 19.8 Å². The van der Waals surface area contributed by atoms with E-state index in [1.165, 1.54) is 0 Å². The standard InChI is InChI=1S/C17H36BNO5/c1-6-8-22-13-16(3,11-20)10-19-18(5)24-15-17(4,12-21)14-23-9-7-2/h7,19-21H,2,6,8-15H2,1,3-5H3. The van der Waals surface area contributed by atoms with E-state index in [1.54, 1.807) is 6.08 Å². The third-order valence-electron chi connectivity index (χ3n) is 3.75. The third kappa shape index (κ3) is 10.4. The lowest BCUT2D eigenvalue weighted by Crippen LogP contribution is -2.47. The van der Waals surface area contributed by atoms with Crippen LogP contribution in [0.2, 0.25) is 6.82 Å². The molecule has 0 heterocycles. The molecule has 0 fully saturated rings. The molecule has 0 amide bonds. The van der Waals surface area contributed by atoms with E-state index >= 15 is 0 Å². The first-order chi connectivity index (χ1) is 11.3. The predicted octanol–water partition coefficient (Wildman–Crippen LogP) is 1.34. The van der Waals surface area contributed by atoms with Gasteiger partial charge in [0.15, 0.2) is 0 Å². The second-order valence-electron chi connectivity index (χ2n) is 7.13. The van der Waals surface area contributed by atoms with E-state index in [1.807, 2.05) is 20.7 Å². The van der Waals surface area contributed by atoms with Gasteiger partial charge in [0.1, 0.15) is 0 Å². The smallest absolute Gasteiger partial charge is 0.376 e. The molecule has 6 nitrogen and oxygen atoms in total. The number of ether oxygens (including phenoxy) is 2. The Morgan fingerprint density at radius 2 is 1.71 bits per heavy atom. The lowest BCUT2D eigenvalue weighted by molar-refractivity contribution is -0.00366. The lowest BCUT2D eigenvalue weighted by atomic mass is 9.82. The lowest BCUT2D eigenvalue weighted by Gasteiger charge is -2.30. The van der Waals surface area contributed by atoms with Crippen LogP contribution in [0.3, 0.4) is 0 Å². The molecular weight excluding hydrogens is 309 g/mol. The van der Waals surface area contributed by atoms with E-state index < -0.39 is 5.41 Å². The highest BCUT2D eigenvalue weighted by Crippen LogP contribution is 2.18. The largest absolute Gasteiger partial charge is 0.421 e. The molecule has 0 aliphatic carbocycles. The Labute approximate surface area is 147 Å². The van der Waals surface area contributed by atoms with Gasteiger partial charge in [-0.2, -0.15) is 0 Å². The molecule has 0 saturated heterocycles. The summed E-state index contributed by atoms with van der Waals surface area (Å²) in [5.41, 5.74) is -0.802. The molecule has 0 bridgehead atoms. The Morgan fingerprint density at radius 3 is 2.25 bits per heavy atom. The number of rotatable bonds is 16. The van der Waals surface area contributed by atoms with Gasteiger partial charge in [-0.15, -0.1) is 6.58 Å². The normalized spacial score (nSPS) is 16.4.